The molecule has 0 bridgehead atoms. The molecule has 30 heavy (non-hydrogen) atoms. The van der Waals surface area contributed by atoms with Crippen LogP contribution in [0.2, 0.25) is 0 Å². The monoisotopic (exact) mass is 397 g/mol. The summed E-state index contributed by atoms with van der Waals surface area (Å²) in [6.45, 7) is 0.854. The minimum absolute atomic E-state index is 0.0868. The normalized spacial score (nSPS) is 17.8. The van der Waals surface area contributed by atoms with Crippen LogP contribution in [-0.4, -0.2) is 34.2 Å². The quantitative estimate of drug-likeness (QED) is 0.550. The smallest absolute Gasteiger partial charge is 0.272 e. The molecule has 2 atom stereocenters. The molecule has 1 aliphatic heterocycles. The summed E-state index contributed by atoms with van der Waals surface area (Å²) < 4.78 is 0. The van der Waals surface area contributed by atoms with Crippen LogP contribution in [-0.2, 0) is 6.54 Å². The lowest BCUT2D eigenvalue weighted by molar-refractivity contribution is 0.402. The van der Waals surface area contributed by atoms with Gasteiger partial charge in [0.15, 0.2) is 0 Å². The molecule has 2 N–H and O–H groups in total. The van der Waals surface area contributed by atoms with Gasteiger partial charge >= 0.3 is 0 Å². The van der Waals surface area contributed by atoms with E-state index in [9.17, 15) is 4.79 Å². The second kappa shape index (κ2) is 7.39. The number of benzene rings is 2. The highest BCUT2D eigenvalue weighted by Gasteiger charge is 2.35. The Balaban J connectivity index is 1.75. The summed E-state index contributed by atoms with van der Waals surface area (Å²) in [5.74, 6) is -0.0868. The second-order valence-corrected chi connectivity index (χ2v) is 8.00. The van der Waals surface area contributed by atoms with Crippen molar-refractivity contribution in [2.75, 3.05) is 19.4 Å². The topological polar surface area (TPSA) is 73.9 Å². The van der Waals surface area contributed by atoms with Gasteiger partial charge in [0.1, 0.15) is 0 Å². The van der Waals surface area contributed by atoms with Crippen molar-refractivity contribution in [1.82, 2.24) is 20.1 Å². The van der Waals surface area contributed by atoms with Gasteiger partial charge in [0.05, 0.1) is 28.7 Å². The Morgan fingerprint density at radius 2 is 1.90 bits per heavy atom. The zero-order chi connectivity index (χ0) is 20.7. The summed E-state index contributed by atoms with van der Waals surface area (Å²) in [6, 6.07) is 20.2. The molecule has 0 spiro atoms. The Morgan fingerprint density at radius 3 is 2.70 bits per heavy atom. The van der Waals surface area contributed by atoms with Crippen molar-refractivity contribution >= 4 is 16.5 Å². The zero-order valence-corrected chi connectivity index (χ0v) is 17.0. The predicted octanol–water partition coefficient (Wildman–Crippen LogP) is 3.68. The molecule has 0 radical (unpaired) electrons. The molecule has 0 aliphatic carbocycles. The number of pyridine rings is 1. The van der Waals surface area contributed by atoms with Gasteiger partial charge < -0.3 is 10.2 Å². The Bertz CT molecular complexity index is 1270. The maximum atomic E-state index is 12.4. The fourth-order valence-corrected chi connectivity index (χ4v) is 4.40. The summed E-state index contributed by atoms with van der Waals surface area (Å²) in [7, 11) is 4.13. The van der Waals surface area contributed by atoms with E-state index in [1.807, 2.05) is 42.6 Å². The SMILES string of the molecule is CN(C)Cc1cccc(C2c3n[nH]c(=O)c4cccc(c34)NC2c2ccccn2)c1. The number of H-pyrrole nitrogens is 1. The second-order valence-electron chi connectivity index (χ2n) is 8.00. The van der Waals surface area contributed by atoms with Crippen LogP contribution < -0.4 is 10.9 Å². The molecule has 2 unspecified atom stereocenters. The number of nitrogens with zero attached hydrogens (tertiary/aromatic N) is 3. The van der Waals surface area contributed by atoms with Crippen LogP contribution in [0.3, 0.4) is 0 Å². The van der Waals surface area contributed by atoms with E-state index >= 15 is 0 Å². The molecule has 6 nitrogen and oxygen atoms in total. The first-order valence-electron chi connectivity index (χ1n) is 10.0. The van der Waals surface area contributed by atoms with Crippen molar-refractivity contribution < 1.29 is 0 Å². The fraction of sp³-hybridized carbons (Fsp3) is 0.208. The fourth-order valence-electron chi connectivity index (χ4n) is 4.40. The molecule has 2 aromatic carbocycles. The molecule has 0 saturated carbocycles. The number of hydrogen-bond donors (Lipinski definition) is 2. The van der Waals surface area contributed by atoms with Crippen molar-refractivity contribution in [3.8, 4) is 0 Å². The standard InChI is InChI=1S/C24H23N5O/c1-29(2)14-15-7-5-8-16(13-15)20-22(19-10-3-4-12-25-19)26-18-11-6-9-17-21(18)23(20)27-28-24(17)30/h3-13,20,22,26H,14H2,1-2H3,(H,28,30). The lowest BCUT2D eigenvalue weighted by Gasteiger charge is -2.34. The number of nitrogens with one attached hydrogen (secondary N) is 2. The Labute approximate surface area is 174 Å². The molecule has 2 aromatic heterocycles. The summed E-state index contributed by atoms with van der Waals surface area (Å²) in [6.07, 6.45) is 1.81. The lowest BCUT2D eigenvalue weighted by Crippen LogP contribution is -2.28. The highest BCUT2D eigenvalue weighted by molar-refractivity contribution is 5.97. The van der Waals surface area contributed by atoms with Gasteiger partial charge in [0.25, 0.3) is 5.56 Å². The van der Waals surface area contributed by atoms with Gasteiger partial charge in [-0.2, -0.15) is 5.10 Å². The van der Waals surface area contributed by atoms with Crippen LogP contribution in [0.5, 0.6) is 0 Å². The van der Waals surface area contributed by atoms with E-state index in [1.165, 1.54) is 5.56 Å². The molecule has 4 aromatic rings. The van der Waals surface area contributed by atoms with E-state index < -0.39 is 0 Å². The molecular formula is C24H23N5O. The van der Waals surface area contributed by atoms with E-state index in [0.29, 0.717) is 5.39 Å². The van der Waals surface area contributed by atoms with E-state index in [1.54, 1.807) is 0 Å². The van der Waals surface area contributed by atoms with Crippen LogP contribution in [0.25, 0.3) is 10.8 Å². The van der Waals surface area contributed by atoms with Gasteiger partial charge in [-0.1, -0.05) is 36.4 Å². The predicted molar refractivity (Wildman–Crippen MR) is 119 cm³/mol. The van der Waals surface area contributed by atoms with Crippen molar-refractivity contribution in [2.45, 2.75) is 18.5 Å². The highest BCUT2D eigenvalue weighted by atomic mass is 16.1. The first-order chi connectivity index (χ1) is 14.6. The third-order valence-corrected chi connectivity index (χ3v) is 5.60. The first-order valence-corrected chi connectivity index (χ1v) is 10.0. The van der Waals surface area contributed by atoms with Crippen LogP contribution in [0.4, 0.5) is 5.69 Å². The Morgan fingerprint density at radius 1 is 1.03 bits per heavy atom. The molecule has 1 aliphatic rings. The maximum Gasteiger partial charge on any atom is 0.272 e. The molecular weight excluding hydrogens is 374 g/mol. The number of aromatic amines is 1. The lowest BCUT2D eigenvalue weighted by atomic mass is 9.81. The minimum atomic E-state index is -0.172. The first kappa shape index (κ1) is 18.5. The summed E-state index contributed by atoms with van der Waals surface area (Å²) in [4.78, 5) is 19.2. The number of anilines is 1. The van der Waals surface area contributed by atoms with Gasteiger partial charge in [0, 0.05) is 23.8 Å². The molecule has 0 amide bonds. The van der Waals surface area contributed by atoms with Crippen molar-refractivity contribution in [3.63, 3.8) is 0 Å². The summed E-state index contributed by atoms with van der Waals surface area (Å²) >= 11 is 0. The molecule has 0 saturated heterocycles. The third-order valence-electron chi connectivity index (χ3n) is 5.60. The van der Waals surface area contributed by atoms with Gasteiger partial charge in [0.2, 0.25) is 0 Å². The highest BCUT2D eigenvalue weighted by Crippen LogP contribution is 2.45. The largest absolute Gasteiger partial charge is 0.375 e. The van der Waals surface area contributed by atoms with Crippen molar-refractivity contribution in [3.05, 3.63) is 99.7 Å². The van der Waals surface area contributed by atoms with Crippen LogP contribution >= 0.6 is 0 Å². The summed E-state index contributed by atoms with van der Waals surface area (Å²) in [5.41, 5.74) is 4.93. The molecule has 150 valence electrons. The zero-order valence-electron chi connectivity index (χ0n) is 17.0. The minimum Gasteiger partial charge on any atom is -0.375 e. The van der Waals surface area contributed by atoms with Gasteiger partial charge in [-0.15, -0.1) is 0 Å². The van der Waals surface area contributed by atoms with E-state index in [2.05, 4.69) is 63.8 Å². The average molecular weight is 397 g/mol. The molecule has 6 heteroatoms. The van der Waals surface area contributed by atoms with E-state index in [-0.39, 0.29) is 17.5 Å². The van der Waals surface area contributed by atoms with Gasteiger partial charge in [-0.25, -0.2) is 5.10 Å². The van der Waals surface area contributed by atoms with Crippen LogP contribution in [0.15, 0.2) is 71.7 Å². The van der Waals surface area contributed by atoms with E-state index in [0.717, 1.165) is 34.6 Å². The van der Waals surface area contributed by atoms with Gasteiger partial charge in [-0.3, -0.25) is 9.78 Å². The van der Waals surface area contributed by atoms with Gasteiger partial charge in [-0.05, 0) is 49.5 Å². The number of hydrogen-bond acceptors (Lipinski definition) is 5. The van der Waals surface area contributed by atoms with Crippen LogP contribution in [0, 0.1) is 0 Å². The average Bonchev–Trinajstić information content (AvgIpc) is 2.76. The number of rotatable bonds is 4. The van der Waals surface area contributed by atoms with E-state index in [4.69, 9.17) is 0 Å². The van der Waals surface area contributed by atoms with Crippen LogP contribution in [0.1, 0.15) is 34.5 Å². The third kappa shape index (κ3) is 3.15. The molecule has 3 heterocycles. The summed E-state index contributed by atoms with van der Waals surface area (Å²) in [5, 5.41) is 12.4. The maximum absolute atomic E-state index is 12.4. The van der Waals surface area contributed by atoms with Crippen molar-refractivity contribution in [1.29, 1.82) is 0 Å². The number of aromatic nitrogens is 3. The Hall–Kier alpha value is -3.51. The molecule has 0 fully saturated rings. The Kier molecular flexibility index (Phi) is 4.56. The molecule has 5 rings (SSSR count). The van der Waals surface area contributed by atoms with Crippen molar-refractivity contribution in [2.24, 2.45) is 0 Å².